The maximum atomic E-state index is 9.65. The molecule has 2 atom stereocenters. The van der Waals surface area contributed by atoms with Crippen LogP contribution in [0.1, 0.15) is 5.56 Å². The molecule has 1 saturated heterocycles. The second-order valence-electron chi connectivity index (χ2n) is 4.05. The zero-order valence-corrected chi connectivity index (χ0v) is 8.83. The number of nitrogens with two attached hydrogens (primary N) is 1. The van der Waals surface area contributed by atoms with E-state index >= 15 is 0 Å². The SMILES string of the molecule is Cc1cc(N)ccc1N[C@@H]1CNC[C@H]1O. The van der Waals surface area contributed by atoms with E-state index in [1.807, 2.05) is 25.1 Å². The molecule has 1 heterocycles. The van der Waals surface area contributed by atoms with Crippen LogP contribution in [0.2, 0.25) is 0 Å². The summed E-state index contributed by atoms with van der Waals surface area (Å²) in [6, 6.07) is 5.84. The molecule has 0 unspecified atom stereocenters. The van der Waals surface area contributed by atoms with Crippen molar-refractivity contribution >= 4 is 11.4 Å². The van der Waals surface area contributed by atoms with Crippen molar-refractivity contribution in [2.45, 2.75) is 19.1 Å². The summed E-state index contributed by atoms with van der Waals surface area (Å²) in [5.41, 5.74) is 8.58. The van der Waals surface area contributed by atoms with Crippen LogP contribution in [0.25, 0.3) is 0 Å². The molecule has 0 aromatic heterocycles. The van der Waals surface area contributed by atoms with Crippen LogP contribution < -0.4 is 16.4 Å². The summed E-state index contributed by atoms with van der Waals surface area (Å²) in [5.74, 6) is 0. The second-order valence-corrected chi connectivity index (χ2v) is 4.05. The van der Waals surface area contributed by atoms with Crippen LogP contribution in [0.3, 0.4) is 0 Å². The summed E-state index contributed by atoms with van der Waals surface area (Å²) >= 11 is 0. The molecule has 0 radical (unpaired) electrons. The number of nitrogens with one attached hydrogen (secondary N) is 2. The molecule has 1 fully saturated rings. The zero-order valence-electron chi connectivity index (χ0n) is 8.83. The van der Waals surface area contributed by atoms with Gasteiger partial charge < -0.3 is 21.5 Å². The third kappa shape index (κ3) is 2.22. The fraction of sp³-hybridized carbons (Fsp3) is 0.455. The van der Waals surface area contributed by atoms with Crippen LogP contribution in [0.15, 0.2) is 18.2 Å². The Kier molecular flexibility index (Phi) is 2.79. The molecule has 0 bridgehead atoms. The molecule has 4 nitrogen and oxygen atoms in total. The first kappa shape index (κ1) is 10.3. The molecule has 4 heteroatoms. The van der Waals surface area contributed by atoms with Gasteiger partial charge >= 0.3 is 0 Å². The summed E-state index contributed by atoms with van der Waals surface area (Å²) in [4.78, 5) is 0. The number of benzene rings is 1. The first-order valence-electron chi connectivity index (χ1n) is 5.18. The number of β-amino-alcohol motifs (C(OH)–C–C–N with tert-alkyl or cyclic N) is 1. The average molecular weight is 207 g/mol. The van der Waals surface area contributed by atoms with Crippen LogP contribution in [-0.4, -0.2) is 30.3 Å². The zero-order chi connectivity index (χ0) is 10.8. The highest BCUT2D eigenvalue weighted by Gasteiger charge is 2.24. The van der Waals surface area contributed by atoms with Crippen LogP contribution in [0.5, 0.6) is 0 Å². The molecule has 2 rings (SSSR count). The maximum Gasteiger partial charge on any atom is 0.0877 e. The van der Waals surface area contributed by atoms with E-state index in [1.165, 1.54) is 0 Å². The lowest BCUT2D eigenvalue weighted by atomic mass is 10.1. The fourth-order valence-corrected chi connectivity index (χ4v) is 1.86. The van der Waals surface area contributed by atoms with Gasteiger partial charge in [0.2, 0.25) is 0 Å². The lowest BCUT2D eigenvalue weighted by Gasteiger charge is -2.18. The molecule has 0 aliphatic carbocycles. The van der Waals surface area contributed by atoms with Crippen LogP contribution >= 0.6 is 0 Å². The van der Waals surface area contributed by atoms with Crippen molar-refractivity contribution in [3.63, 3.8) is 0 Å². The molecule has 1 aromatic carbocycles. The van der Waals surface area contributed by atoms with E-state index in [0.29, 0.717) is 6.54 Å². The van der Waals surface area contributed by atoms with Gasteiger partial charge in [0.05, 0.1) is 12.1 Å². The van der Waals surface area contributed by atoms with Gasteiger partial charge in [-0.2, -0.15) is 0 Å². The average Bonchev–Trinajstić information content (AvgIpc) is 2.57. The normalized spacial score (nSPS) is 25.5. The number of rotatable bonds is 2. The number of nitrogen functional groups attached to an aromatic ring is 1. The number of anilines is 2. The van der Waals surface area contributed by atoms with Crippen molar-refractivity contribution in [2.75, 3.05) is 24.1 Å². The topological polar surface area (TPSA) is 70.3 Å². The van der Waals surface area contributed by atoms with Gasteiger partial charge in [-0.25, -0.2) is 0 Å². The summed E-state index contributed by atoms with van der Waals surface area (Å²) in [5, 5.41) is 16.1. The molecular formula is C11H17N3O. The van der Waals surface area contributed by atoms with Gasteiger partial charge in [-0.1, -0.05) is 0 Å². The first-order valence-corrected chi connectivity index (χ1v) is 5.18. The lowest BCUT2D eigenvalue weighted by Crippen LogP contribution is -2.32. The van der Waals surface area contributed by atoms with Crippen molar-refractivity contribution in [3.8, 4) is 0 Å². The molecule has 82 valence electrons. The Morgan fingerprint density at radius 3 is 2.87 bits per heavy atom. The Morgan fingerprint density at radius 2 is 2.27 bits per heavy atom. The summed E-state index contributed by atoms with van der Waals surface area (Å²) in [6.07, 6.45) is -0.318. The Morgan fingerprint density at radius 1 is 1.47 bits per heavy atom. The predicted molar refractivity (Wildman–Crippen MR) is 61.9 cm³/mol. The molecular weight excluding hydrogens is 190 g/mol. The second kappa shape index (κ2) is 4.08. The minimum absolute atomic E-state index is 0.0901. The fourth-order valence-electron chi connectivity index (χ4n) is 1.86. The smallest absolute Gasteiger partial charge is 0.0877 e. The monoisotopic (exact) mass is 207 g/mol. The first-order chi connectivity index (χ1) is 7.16. The third-order valence-corrected chi connectivity index (χ3v) is 2.77. The van der Waals surface area contributed by atoms with E-state index in [-0.39, 0.29) is 12.1 Å². The molecule has 0 amide bonds. The summed E-state index contributed by atoms with van der Waals surface area (Å²) in [7, 11) is 0. The van der Waals surface area contributed by atoms with Crippen molar-refractivity contribution in [3.05, 3.63) is 23.8 Å². The van der Waals surface area contributed by atoms with E-state index in [9.17, 15) is 5.11 Å². The molecule has 1 aromatic rings. The molecule has 0 spiro atoms. The summed E-state index contributed by atoms with van der Waals surface area (Å²) < 4.78 is 0. The van der Waals surface area contributed by atoms with Crippen LogP contribution in [0, 0.1) is 6.92 Å². The van der Waals surface area contributed by atoms with Gasteiger partial charge in [-0.15, -0.1) is 0 Å². The maximum absolute atomic E-state index is 9.65. The third-order valence-electron chi connectivity index (χ3n) is 2.77. The molecule has 1 aliphatic rings. The van der Waals surface area contributed by atoms with Gasteiger partial charge in [0.15, 0.2) is 0 Å². The molecule has 15 heavy (non-hydrogen) atoms. The van der Waals surface area contributed by atoms with Crippen LogP contribution in [-0.2, 0) is 0 Å². The number of aliphatic hydroxyl groups excluding tert-OH is 1. The number of aliphatic hydroxyl groups is 1. The lowest BCUT2D eigenvalue weighted by molar-refractivity contribution is 0.185. The summed E-state index contributed by atoms with van der Waals surface area (Å²) in [6.45, 7) is 3.46. The van der Waals surface area contributed by atoms with E-state index in [2.05, 4.69) is 10.6 Å². The highest BCUT2D eigenvalue weighted by Crippen LogP contribution is 2.19. The highest BCUT2D eigenvalue weighted by molar-refractivity contribution is 5.58. The van der Waals surface area contributed by atoms with E-state index in [0.717, 1.165) is 23.5 Å². The van der Waals surface area contributed by atoms with Gasteiger partial charge in [-0.05, 0) is 30.7 Å². The Bertz CT molecular complexity index is 354. The van der Waals surface area contributed by atoms with Crippen molar-refractivity contribution < 1.29 is 5.11 Å². The minimum Gasteiger partial charge on any atom is -0.399 e. The van der Waals surface area contributed by atoms with Gasteiger partial charge in [0.25, 0.3) is 0 Å². The number of hydrogen-bond acceptors (Lipinski definition) is 4. The number of hydrogen-bond donors (Lipinski definition) is 4. The van der Waals surface area contributed by atoms with Crippen molar-refractivity contribution in [1.82, 2.24) is 5.32 Å². The van der Waals surface area contributed by atoms with E-state index in [1.54, 1.807) is 0 Å². The Hall–Kier alpha value is -1.26. The number of aryl methyl sites for hydroxylation is 1. The quantitative estimate of drug-likeness (QED) is 0.527. The Labute approximate surface area is 89.5 Å². The minimum atomic E-state index is -0.318. The highest BCUT2D eigenvalue weighted by atomic mass is 16.3. The van der Waals surface area contributed by atoms with Crippen LogP contribution in [0.4, 0.5) is 11.4 Å². The molecule has 0 saturated carbocycles. The van der Waals surface area contributed by atoms with Gasteiger partial charge in [0, 0.05) is 24.5 Å². The van der Waals surface area contributed by atoms with Crippen molar-refractivity contribution in [2.24, 2.45) is 0 Å². The van der Waals surface area contributed by atoms with Gasteiger partial charge in [-0.3, -0.25) is 0 Å². The van der Waals surface area contributed by atoms with Gasteiger partial charge in [0.1, 0.15) is 0 Å². The van der Waals surface area contributed by atoms with E-state index < -0.39 is 0 Å². The standard InChI is InChI=1S/C11H17N3O/c1-7-4-8(12)2-3-9(7)14-10-5-13-6-11(10)15/h2-4,10-11,13-15H,5-6,12H2,1H3/t10-,11-/m1/s1. The van der Waals surface area contributed by atoms with E-state index in [4.69, 9.17) is 5.73 Å². The van der Waals surface area contributed by atoms with Crippen molar-refractivity contribution in [1.29, 1.82) is 0 Å². The Balaban J connectivity index is 2.10. The predicted octanol–water partition coefficient (Wildman–Crippen LogP) is 0.322. The molecule has 5 N–H and O–H groups in total. The molecule has 1 aliphatic heterocycles. The largest absolute Gasteiger partial charge is 0.399 e.